The fourth-order valence-corrected chi connectivity index (χ4v) is 2.08. The molecular formula is C11H19N5. The van der Waals surface area contributed by atoms with Crippen LogP contribution in [0.1, 0.15) is 12.2 Å². The molecule has 1 aromatic rings. The molecule has 0 spiro atoms. The van der Waals surface area contributed by atoms with Crippen LogP contribution in [-0.2, 0) is 6.54 Å². The van der Waals surface area contributed by atoms with Crippen LogP contribution in [0.15, 0.2) is 12.3 Å². The Hall–Kier alpha value is -1.20. The number of hydrogen-bond acceptors (Lipinski definition) is 5. The van der Waals surface area contributed by atoms with Gasteiger partial charge < -0.3 is 16.0 Å². The lowest BCUT2D eigenvalue weighted by Gasteiger charge is -2.11. The molecule has 3 N–H and O–H groups in total. The van der Waals surface area contributed by atoms with E-state index in [1.54, 1.807) is 12.3 Å². The van der Waals surface area contributed by atoms with E-state index >= 15 is 0 Å². The highest BCUT2D eigenvalue weighted by molar-refractivity contribution is 5.24. The van der Waals surface area contributed by atoms with Gasteiger partial charge in [0.1, 0.15) is 11.6 Å². The van der Waals surface area contributed by atoms with Gasteiger partial charge in [0, 0.05) is 12.7 Å². The van der Waals surface area contributed by atoms with Crippen molar-refractivity contribution in [3.05, 3.63) is 18.1 Å². The highest BCUT2D eigenvalue weighted by Crippen LogP contribution is 2.12. The summed E-state index contributed by atoms with van der Waals surface area (Å²) in [6.07, 6.45) is 2.98. The fourth-order valence-electron chi connectivity index (χ4n) is 2.08. The first-order valence-corrected chi connectivity index (χ1v) is 5.70. The Morgan fingerprint density at radius 2 is 2.50 bits per heavy atom. The molecule has 16 heavy (non-hydrogen) atoms. The number of nitrogens with zero attached hydrogens (tertiary/aromatic N) is 3. The number of likely N-dealkylation sites (tertiary alicyclic amines) is 1. The third kappa shape index (κ3) is 3.15. The molecule has 0 saturated carbocycles. The molecule has 2 heterocycles. The van der Waals surface area contributed by atoms with Gasteiger partial charge in [0.15, 0.2) is 0 Å². The summed E-state index contributed by atoms with van der Waals surface area (Å²) in [7, 11) is 2.17. The molecule has 1 fully saturated rings. The second-order valence-electron chi connectivity index (χ2n) is 4.45. The zero-order valence-corrected chi connectivity index (χ0v) is 9.69. The van der Waals surface area contributed by atoms with Gasteiger partial charge in [0.2, 0.25) is 0 Å². The summed E-state index contributed by atoms with van der Waals surface area (Å²) in [6, 6.07) is 1.70. The maximum Gasteiger partial charge on any atom is 0.144 e. The SMILES string of the molecule is CN1CCC(CNCc2nccc(N)n2)C1. The normalized spacial score (nSPS) is 21.4. The van der Waals surface area contributed by atoms with Crippen molar-refractivity contribution >= 4 is 5.82 Å². The molecule has 0 aromatic carbocycles. The molecule has 1 unspecified atom stereocenters. The second kappa shape index (κ2) is 5.23. The van der Waals surface area contributed by atoms with Crippen LogP contribution in [0, 0.1) is 5.92 Å². The minimum atomic E-state index is 0.535. The first-order chi connectivity index (χ1) is 7.74. The predicted octanol–water partition coefficient (Wildman–Crippen LogP) is 0.100. The van der Waals surface area contributed by atoms with E-state index in [1.165, 1.54) is 19.5 Å². The molecule has 1 aliphatic heterocycles. The number of rotatable bonds is 4. The molecule has 0 aliphatic carbocycles. The summed E-state index contributed by atoms with van der Waals surface area (Å²) < 4.78 is 0. The minimum absolute atomic E-state index is 0.535. The summed E-state index contributed by atoms with van der Waals surface area (Å²) in [5.74, 6) is 2.06. The lowest BCUT2D eigenvalue weighted by molar-refractivity contribution is 0.387. The van der Waals surface area contributed by atoms with Crippen LogP contribution >= 0.6 is 0 Å². The monoisotopic (exact) mass is 221 g/mol. The maximum atomic E-state index is 5.59. The number of nitrogens with one attached hydrogen (secondary N) is 1. The van der Waals surface area contributed by atoms with E-state index in [0.717, 1.165) is 18.3 Å². The molecular weight excluding hydrogens is 202 g/mol. The van der Waals surface area contributed by atoms with Gasteiger partial charge in [-0.3, -0.25) is 0 Å². The van der Waals surface area contributed by atoms with E-state index < -0.39 is 0 Å². The van der Waals surface area contributed by atoms with Gasteiger partial charge in [-0.2, -0.15) is 0 Å². The number of anilines is 1. The van der Waals surface area contributed by atoms with Crippen molar-refractivity contribution < 1.29 is 0 Å². The first-order valence-electron chi connectivity index (χ1n) is 5.70. The Bertz CT molecular complexity index is 341. The molecule has 5 nitrogen and oxygen atoms in total. The van der Waals surface area contributed by atoms with E-state index in [2.05, 4.69) is 27.2 Å². The molecule has 0 radical (unpaired) electrons. The summed E-state index contributed by atoms with van der Waals surface area (Å²) >= 11 is 0. The second-order valence-corrected chi connectivity index (χ2v) is 4.45. The fraction of sp³-hybridized carbons (Fsp3) is 0.636. The zero-order valence-electron chi connectivity index (χ0n) is 9.69. The number of nitrogen functional groups attached to an aromatic ring is 1. The molecule has 2 rings (SSSR count). The van der Waals surface area contributed by atoms with Gasteiger partial charge in [-0.15, -0.1) is 0 Å². The van der Waals surface area contributed by atoms with Crippen LogP contribution in [0.2, 0.25) is 0 Å². The molecule has 0 amide bonds. The average molecular weight is 221 g/mol. The van der Waals surface area contributed by atoms with Gasteiger partial charge in [-0.05, 0) is 38.5 Å². The zero-order chi connectivity index (χ0) is 11.4. The van der Waals surface area contributed by atoms with Gasteiger partial charge in [0.05, 0.1) is 6.54 Å². The van der Waals surface area contributed by atoms with E-state index in [9.17, 15) is 0 Å². The van der Waals surface area contributed by atoms with Crippen molar-refractivity contribution in [2.24, 2.45) is 5.92 Å². The summed E-state index contributed by atoms with van der Waals surface area (Å²) in [5.41, 5.74) is 5.59. The standard InChI is InChI=1S/C11H19N5/c1-16-5-3-9(8-16)6-13-7-11-14-4-2-10(12)15-11/h2,4,9,13H,3,5-8H2,1H3,(H2,12,14,15). The molecule has 1 aromatic heterocycles. The average Bonchev–Trinajstić information content (AvgIpc) is 2.64. The molecule has 0 bridgehead atoms. The van der Waals surface area contributed by atoms with Crippen molar-refractivity contribution in [2.75, 3.05) is 32.4 Å². The summed E-state index contributed by atoms with van der Waals surface area (Å²) in [6.45, 7) is 4.12. The van der Waals surface area contributed by atoms with Crippen molar-refractivity contribution in [1.82, 2.24) is 20.2 Å². The Morgan fingerprint density at radius 3 is 3.19 bits per heavy atom. The highest BCUT2D eigenvalue weighted by Gasteiger charge is 2.18. The molecule has 5 heteroatoms. The van der Waals surface area contributed by atoms with Crippen LogP contribution in [0.3, 0.4) is 0 Å². The van der Waals surface area contributed by atoms with Crippen LogP contribution in [0.5, 0.6) is 0 Å². The van der Waals surface area contributed by atoms with Crippen molar-refractivity contribution in [3.63, 3.8) is 0 Å². The molecule has 88 valence electrons. The molecule has 1 aliphatic rings. The molecule has 1 saturated heterocycles. The van der Waals surface area contributed by atoms with Gasteiger partial charge >= 0.3 is 0 Å². The number of nitrogens with two attached hydrogens (primary N) is 1. The Kier molecular flexibility index (Phi) is 3.69. The van der Waals surface area contributed by atoms with Crippen LogP contribution in [0.25, 0.3) is 0 Å². The van der Waals surface area contributed by atoms with Gasteiger partial charge in [0.25, 0.3) is 0 Å². The van der Waals surface area contributed by atoms with Crippen LogP contribution in [-0.4, -0.2) is 41.5 Å². The highest BCUT2D eigenvalue weighted by atomic mass is 15.1. The smallest absolute Gasteiger partial charge is 0.144 e. The van der Waals surface area contributed by atoms with E-state index in [0.29, 0.717) is 12.4 Å². The summed E-state index contributed by atoms with van der Waals surface area (Å²) in [4.78, 5) is 10.7. The topological polar surface area (TPSA) is 67.1 Å². The molecule has 1 atom stereocenters. The Balaban J connectivity index is 1.72. The van der Waals surface area contributed by atoms with Crippen molar-refractivity contribution in [2.45, 2.75) is 13.0 Å². The van der Waals surface area contributed by atoms with Crippen LogP contribution in [0.4, 0.5) is 5.82 Å². The van der Waals surface area contributed by atoms with E-state index in [1.807, 2.05) is 0 Å². The lowest BCUT2D eigenvalue weighted by atomic mass is 10.1. The van der Waals surface area contributed by atoms with Crippen LogP contribution < -0.4 is 11.1 Å². The van der Waals surface area contributed by atoms with Crippen molar-refractivity contribution in [3.8, 4) is 0 Å². The Morgan fingerprint density at radius 1 is 1.62 bits per heavy atom. The third-order valence-corrected chi connectivity index (χ3v) is 2.93. The predicted molar refractivity (Wildman–Crippen MR) is 63.8 cm³/mol. The summed E-state index contributed by atoms with van der Waals surface area (Å²) in [5, 5.41) is 3.38. The van der Waals surface area contributed by atoms with Gasteiger partial charge in [-0.1, -0.05) is 0 Å². The maximum absolute atomic E-state index is 5.59. The lowest BCUT2D eigenvalue weighted by Crippen LogP contribution is -2.25. The largest absolute Gasteiger partial charge is 0.384 e. The third-order valence-electron chi connectivity index (χ3n) is 2.93. The number of aromatic nitrogens is 2. The number of hydrogen-bond donors (Lipinski definition) is 2. The minimum Gasteiger partial charge on any atom is -0.384 e. The van der Waals surface area contributed by atoms with Gasteiger partial charge in [-0.25, -0.2) is 9.97 Å². The first kappa shape index (κ1) is 11.3. The van der Waals surface area contributed by atoms with Crippen molar-refractivity contribution in [1.29, 1.82) is 0 Å². The van der Waals surface area contributed by atoms with E-state index in [-0.39, 0.29) is 0 Å². The quantitative estimate of drug-likeness (QED) is 0.755. The van der Waals surface area contributed by atoms with E-state index in [4.69, 9.17) is 5.73 Å². The Labute approximate surface area is 96.1 Å².